The molecule has 0 fully saturated rings. The second-order valence-electron chi connectivity index (χ2n) is 6.87. The fourth-order valence-corrected chi connectivity index (χ4v) is 4.70. The summed E-state index contributed by atoms with van der Waals surface area (Å²) in [4.78, 5) is 2.64. The molecule has 0 bridgehead atoms. The number of rotatable bonds is 5. The van der Waals surface area contributed by atoms with E-state index in [-0.39, 0.29) is 0 Å². The van der Waals surface area contributed by atoms with Crippen LogP contribution in [-0.2, 0) is 10.0 Å². The number of hydrogen-bond donors (Lipinski definition) is 2. The van der Waals surface area contributed by atoms with E-state index in [1.165, 1.54) is 6.21 Å². The maximum absolute atomic E-state index is 12.9. The van der Waals surface area contributed by atoms with Crippen molar-refractivity contribution in [1.29, 1.82) is 0 Å². The van der Waals surface area contributed by atoms with Crippen LogP contribution < -0.4 is 4.83 Å². The predicted molar refractivity (Wildman–Crippen MR) is 112 cm³/mol. The van der Waals surface area contributed by atoms with E-state index in [9.17, 15) is 8.42 Å². The zero-order chi connectivity index (χ0) is 20.5. The summed E-state index contributed by atoms with van der Waals surface area (Å²) in [6, 6.07) is 9.66. The first-order chi connectivity index (χ1) is 13.2. The van der Waals surface area contributed by atoms with Crippen LogP contribution in [0.4, 0.5) is 0 Å². The van der Waals surface area contributed by atoms with Gasteiger partial charge in [-0.05, 0) is 62.4 Å². The molecule has 3 aromatic rings. The van der Waals surface area contributed by atoms with Crippen molar-refractivity contribution in [2.45, 2.75) is 39.5 Å². The number of hydrogen-bond acceptors (Lipinski definition) is 4. The van der Waals surface area contributed by atoms with Gasteiger partial charge in [0.15, 0.2) is 0 Å². The molecule has 1 aromatic heterocycles. The lowest BCUT2D eigenvalue weighted by Crippen LogP contribution is -2.22. The Morgan fingerprint density at radius 3 is 2.11 bits per heavy atom. The number of aromatic nitrogens is 2. The number of nitrogens with one attached hydrogen (secondary N) is 2. The first-order valence-corrected chi connectivity index (χ1v) is 10.4. The second kappa shape index (κ2) is 7.59. The quantitative estimate of drug-likeness (QED) is 0.506. The first-order valence-electron chi connectivity index (χ1n) is 8.94. The van der Waals surface area contributed by atoms with E-state index in [4.69, 9.17) is 0 Å². The van der Waals surface area contributed by atoms with Crippen molar-refractivity contribution < 1.29 is 8.42 Å². The first kappa shape index (κ1) is 19.8. The lowest BCUT2D eigenvalue weighted by atomic mass is 9.95. The minimum Gasteiger partial charge on any atom is -0.277 e. The molecule has 0 atom stereocenters. The normalized spacial score (nSPS) is 11.9. The maximum Gasteiger partial charge on any atom is 0.277 e. The second-order valence-corrected chi connectivity index (χ2v) is 8.47. The van der Waals surface area contributed by atoms with Gasteiger partial charge in [-0.15, -0.1) is 0 Å². The monoisotopic (exact) mass is 396 g/mol. The lowest BCUT2D eigenvalue weighted by Gasteiger charge is -2.18. The van der Waals surface area contributed by atoms with Crippen molar-refractivity contribution in [2.24, 2.45) is 5.10 Å². The fraction of sp³-hybridized carbons (Fsp3) is 0.238. The zero-order valence-electron chi connectivity index (χ0n) is 16.7. The van der Waals surface area contributed by atoms with Crippen molar-refractivity contribution in [3.8, 4) is 11.3 Å². The molecule has 6 nitrogen and oxygen atoms in total. The highest BCUT2D eigenvalue weighted by molar-refractivity contribution is 7.89. The third-order valence-electron chi connectivity index (χ3n) is 5.31. The molecule has 2 aromatic carbocycles. The zero-order valence-corrected chi connectivity index (χ0v) is 17.5. The third kappa shape index (κ3) is 3.57. The van der Waals surface area contributed by atoms with E-state index >= 15 is 0 Å². The van der Waals surface area contributed by atoms with Crippen LogP contribution >= 0.6 is 0 Å². The number of sulfonamides is 1. The predicted octanol–water partition coefficient (Wildman–Crippen LogP) is 3.93. The van der Waals surface area contributed by atoms with Crippen LogP contribution in [0.5, 0.6) is 0 Å². The molecule has 7 heteroatoms. The van der Waals surface area contributed by atoms with Crippen molar-refractivity contribution in [1.82, 2.24) is 15.0 Å². The topological polar surface area (TPSA) is 87.2 Å². The van der Waals surface area contributed by atoms with Crippen molar-refractivity contribution in [3.05, 3.63) is 69.9 Å². The number of aromatic amines is 1. The molecule has 0 saturated carbocycles. The lowest BCUT2D eigenvalue weighted by molar-refractivity contribution is 0.583. The molecule has 0 aliphatic carbocycles. The van der Waals surface area contributed by atoms with Crippen LogP contribution in [0, 0.1) is 34.6 Å². The molecule has 0 aliphatic rings. The van der Waals surface area contributed by atoms with E-state index in [0.29, 0.717) is 10.5 Å². The van der Waals surface area contributed by atoms with Crippen LogP contribution in [0.2, 0.25) is 0 Å². The van der Waals surface area contributed by atoms with Crippen LogP contribution in [0.15, 0.2) is 46.5 Å². The summed E-state index contributed by atoms with van der Waals surface area (Å²) in [6.07, 6.45) is 3.07. The average Bonchev–Trinajstić information content (AvgIpc) is 3.14. The van der Waals surface area contributed by atoms with Gasteiger partial charge in [-0.25, -0.2) is 4.83 Å². The molecule has 0 spiro atoms. The highest BCUT2D eigenvalue weighted by atomic mass is 32.2. The Labute approximate surface area is 165 Å². The average molecular weight is 397 g/mol. The van der Waals surface area contributed by atoms with Crippen LogP contribution in [0.1, 0.15) is 33.4 Å². The highest BCUT2D eigenvalue weighted by Gasteiger charge is 2.23. The van der Waals surface area contributed by atoms with Crippen LogP contribution in [0.25, 0.3) is 11.3 Å². The summed E-state index contributed by atoms with van der Waals surface area (Å²) < 4.78 is 25.8. The third-order valence-corrected chi connectivity index (χ3v) is 6.80. The molecule has 0 aliphatic heterocycles. The highest BCUT2D eigenvalue weighted by Crippen LogP contribution is 2.29. The number of nitrogens with zero attached hydrogens (tertiary/aromatic N) is 2. The van der Waals surface area contributed by atoms with E-state index in [1.54, 1.807) is 6.20 Å². The molecule has 0 radical (unpaired) electrons. The Morgan fingerprint density at radius 2 is 1.50 bits per heavy atom. The van der Waals surface area contributed by atoms with Crippen molar-refractivity contribution in [2.75, 3.05) is 0 Å². The van der Waals surface area contributed by atoms with E-state index in [0.717, 1.165) is 39.1 Å². The summed E-state index contributed by atoms with van der Waals surface area (Å²) in [5.41, 5.74) is 6.98. The molecule has 146 valence electrons. The van der Waals surface area contributed by atoms with Gasteiger partial charge in [-0.3, -0.25) is 5.10 Å². The molecule has 0 saturated heterocycles. The molecule has 1 heterocycles. The minimum absolute atomic E-state index is 0.292. The van der Waals surface area contributed by atoms with Gasteiger partial charge in [0.05, 0.1) is 23.0 Å². The molecule has 28 heavy (non-hydrogen) atoms. The molecule has 0 amide bonds. The molecule has 0 unspecified atom stereocenters. The van der Waals surface area contributed by atoms with Gasteiger partial charge in [0.25, 0.3) is 10.0 Å². The van der Waals surface area contributed by atoms with Gasteiger partial charge in [0, 0.05) is 11.1 Å². The van der Waals surface area contributed by atoms with Crippen LogP contribution in [0.3, 0.4) is 0 Å². The standard InChI is InChI=1S/C21H24N4O2S/c1-13-14(2)16(4)21(17(5)15(13)3)28(26,27)25-23-12-19-11-22-24-20(19)18-9-7-6-8-10-18/h6-12,25H,1-5H3,(H,22,24). The summed E-state index contributed by atoms with van der Waals surface area (Å²) in [5, 5.41) is 11.0. The Balaban J connectivity index is 1.92. The Morgan fingerprint density at radius 1 is 0.929 bits per heavy atom. The van der Waals surface area contributed by atoms with Gasteiger partial charge in [-0.2, -0.15) is 18.6 Å². The van der Waals surface area contributed by atoms with E-state index < -0.39 is 10.0 Å². The van der Waals surface area contributed by atoms with Crippen molar-refractivity contribution in [3.63, 3.8) is 0 Å². The Bertz CT molecular complexity index is 1120. The van der Waals surface area contributed by atoms with E-state index in [1.807, 2.05) is 65.0 Å². The summed E-state index contributed by atoms with van der Waals surface area (Å²) in [6.45, 7) is 9.55. The SMILES string of the molecule is Cc1c(C)c(C)c(S(=O)(=O)NN=Cc2cn[nH]c2-c2ccccc2)c(C)c1C. The minimum atomic E-state index is -3.79. The molecule has 2 N–H and O–H groups in total. The maximum atomic E-state index is 12.9. The molecular weight excluding hydrogens is 372 g/mol. The Kier molecular flexibility index (Phi) is 5.38. The van der Waals surface area contributed by atoms with Gasteiger partial charge < -0.3 is 0 Å². The van der Waals surface area contributed by atoms with Gasteiger partial charge in [0.2, 0.25) is 0 Å². The number of H-pyrrole nitrogens is 1. The number of hydrazone groups is 1. The van der Waals surface area contributed by atoms with Gasteiger partial charge in [0.1, 0.15) is 0 Å². The summed E-state index contributed by atoms with van der Waals surface area (Å²) in [7, 11) is -3.79. The fourth-order valence-electron chi connectivity index (χ4n) is 3.31. The summed E-state index contributed by atoms with van der Waals surface area (Å²) in [5.74, 6) is 0. The molecular formula is C21H24N4O2S. The molecule has 3 rings (SSSR count). The largest absolute Gasteiger partial charge is 0.277 e. The van der Waals surface area contributed by atoms with E-state index in [2.05, 4.69) is 20.1 Å². The summed E-state index contributed by atoms with van der Waals surface area (Å²) >= 11 is 0. The Hall–Kier alpha value is -2.93. The van der Waals surface area contributed by atoms with Crippen molar-refractivity contribution >= 4 is 16.2 Å². The van der Waals surface area contributed by atoms with Gasteiger partial charge in [-0.1, -0.05) is 30.3 Å². The van der Waals surface area contributed by atoms with Crippen LogP contribution in [-0.4, -0.2) is 24.8 Å². The number of benzene rings is 2. The smallest absolute Gasteiger partial charge is 0.277 e. The van der Waals surface area contributed by atoms with Gasteiger partial charge >= 0.3 is 0 Å².